The minimum Gasteiger partial charge on any atom is -0.486 e. The van der Waals surface area contributed by atoms with E-state index in [1.165, 1.54) is 16.9 Å². The van der Waals surface area contributed by atoms with Crippen molar-refractivity contribution < 1.29 is 14.2 Å². The van der Waals surface area contributed by atoms with Gasteiger partial charge in [0.1, 0.15) is 31.5 Å². The Bertz CT molecular complexity index is 1110. The molecule has 0 radical (unpaired) electrons. The highest BCUT2D eigenvalue weighted by Crippen LogP contribution is 2.40. The van der Waals surface area contributed by atoms with E-state index in [1.54, 1.807) is 0 Å². The zero-order valence-corrected chi connectivity index (χ0v) is 18.6. The first-order valence-electron chi connectivity index (χ1n) is 10.9. The highest BCUT2D eigenvalue weighted by Gasteiger charge is 2.18. The van der Waals surface area contributed by atoms with E-state index >= 15 is 0 Å². The molecule has 0 amide bonds. The second-order valence-electron chi connectivity index (χ2n) is 7.91. The van der Waals surface area contributed by atoms with E-state index in [0.29, 0.717) is 36.2 Å². The Morgan fingerprint density at radius 1 is 1.00 bits per heavy atom. The predicted molar refractivity (Wildman–Crippen MR) is 124 cm³/mol. The van der Waals surface area contributed by atoms with Crippen molar-refractivity contribution in [3.63, 3.8) is 0 Å². The van der Waals surface area contributed by atoms with E-state index in [4.69, 9.17) is 14.2 Å². The average Bonchev–Trinajstić information content (AvgIpc) is 3.27. The van der Waals surface area contributed by atoms with Gasteiger partial charge in [-0.15, -0.1) is 11.3 Å². The summed E-state index contributed by atoms with van der Waals surface area (Å²) in [5.74, 6) is 1.46. The zero-order valence-electron chi connectivity index (χ0n) is 17.8. The molecule has 2 aliphatic rings. The van der Waals surface area contributed by atoms with Gasteiger partial charge in [0.05, 0.1) is 0 Å². The summed E-state index contributed by atoms with van der Waals surface area (Å²) in [5.41, 5.74) is 4.74. The van der Waals surface area contributed by atoms with Crippen molar-refractivity contribution in [1.29, 1.82) is 5.26 Å². The smallest absolute Gasteiger partial charge is 0.192 e. The van der Waals surface area contributed by atoms with Gasteiger partial charge < -0.3 is 19.5 Å². The molecule has 32 heavy (non-hydrogen) atoms. The van der Waals surface area contributed by atoms with Crippen LogP contribution in [-0.2, 0) is 13.2 Å². The zero-order chi connectivity index (χ0) is 21.8. The number of thiophene rings is 1. The lowest BCUT2D eigenvalue weighted by molar-refractivity contribution is 0.171. The third-order valence-corrected chi connectivity index (χ3v) is 6.62. The van der Waals surface area contributed by atoms with Gasteiger partial charge in [-0.1, -0.05) is 30.3 Å². The summed E-state index contributed by atoms with van der Waals surface area (Å²) in [7, 11) is 0. The molecular formula is C25H25N3O3S. The van der Waals surface area contributed by atoms with Crippen molar-refractivity contribution in [2.45, 2.75) is 13.2 Å². The molecule has 0 bridgehead atoms. The van der Waals surface area contributed by atoms with Crippen LogP contribution in [0, 0.1) is 11.3 Å². The summed E-state index contributed by atoms with van der Waals surface area (Å²) in [6.07, 6.45) is 0. The molecule has 5 rings (SSSR count). The molecule has 1 aromatic heterocycles. The Hall–Kier alpha value is -3.05. The van der Waals surface area contributed by atoms with Gasteiger partial charge in [0.15, 0.2) is 16.6 Å². The molecule has 1 saturated heterocycles. The van der Waals surface area contributed by atoms with Crippen LogP contribution in [0.1, 0.15) is 16.7 Å². The maximum Gasteiger partial charge on any atom is 0.192 e. The number of nitrogens with zero attached hydrogens (tertiary/aromatic N) is 2. The molecular weight excluding hydrogens is 422 g/mol. The molecule has 7 heteroatoms. The van der Waals surface area contributed by atoms with Crippen LogP contribution in [0.15, 0.2) is 47.8 Å². The molecule has 0 atom stereocenters. The molecule has 164 valence electrons. The Labute approximate surface area is 192 Å². The third kappa shape index (κ3) is 4.58. The second kappa shape index (κ2) is 9.61. The van der Waals surface area contributed by atoms with E-state index in [1.807, 2.05) is 23.6 Å². The highest BCUT2D eigenvalue weighted by atomic mass is 32.1. The van der Waals surface area contributed by atoms with Crippen LogP contribution < -0.4 is 19.5 Å². The number of benzene rings is 2. The molecule has 0 saturated carbocycles. The minimum absolute atomic E-state index is 0.434. The molecule has 3 aromatic rings. The Kier molecular flexibility index (Phi) is 6.26. The van der Waals surface area contributed by atoms with E-state index in [2.05, 4.69) is 40.6 Å². The standard InChI is InChI=1S/C25H25N3O3S/c26-14-21-22(20-5-6-23-24(13-20)30-12-11-29-23)17-32-25(21)31-16-19-3-1-18(2-4-19)15-28-9-7-27-8-10-28/h1-6,13,17,27H,7-12,15-16H2. The average molecular weight is 448 g/mol. The third-order valence-electron chi connectivity index (χ3n) is 5.73. The number of hydrogen-bond acceptors (Lipinski definition) is 7. The number of ether oxygens (including phenoxy) is 3. The van der Waals surface area contributed by atoms with Crippen molar-refractivity contribution >= 4 is 11.3 Å². The number of fused-ring (bicyclic) bond motifs is 1. The first-order chi connectivity index (χ1) is 15.8. The van der Waals surface area contributed by atoms with E-state index in [9.17, 15) is 5.26 Å². The van der Waals surface area contributed by atoms with Gasteiger partial charge in [0, 0.05) is 43.7 Å². The summed E-state index contributed by atoms with van der Waals surface area (Å²) >= 11 is 1.45. The fourth-order valence-electron chi connectivity index (χ4n) is 3.99. The second-order valence-corrected chi connectivity index (χ2v) is 8.76. The van der Waals surface area contributed by atoms with Gasteiger partial charge >= 0.3 is 0 Å². The van der Waals surface area contributed by atoms with Crippen molar-refractivity contribution in [1.82, 2.24) is 10.2 Å². The summed E-state index contributed by atoms with van der Waals surface area (Å²) in [5, 5.41) is 15.8. The molecule has 1 N–H and O–H groups in total. The first-order valence-corrected chi connectivity index (χ1v) is 11.7. The molecule has 6 nitrogen and oxygen atoms in total. The largest absolute Gasteiger partial charge is 0.486 e. The predicted octanol–water partition coefficient (Wildman–Crippen LogP) is 4.04. The lowest BCUT2D eigenvalue weighted by Gasteiger charge is -2.27. The Morgan fingerprint density at radius 3 is 2.53 bits per heavy atom. The molecule has 3 heterocycles. The number of nitriles is 1. The van der Waals surface area contributed by atoms with E-state index in [0.717, 1.165) is 55.2 Å². The van der Waals surface area contributed by atoms with Crippen LogP contribution in [0.3, 0.4) is 0 Å². The van der Waals surface area contributed by atoms with Crippen LogP contribution in [0.2, 0.25) is 0 Å². The number of hydrogen-bond donors (Lipinski definition) is 1. The number of nitrogens with one attached hydrogen (secondary N) is 1. The monoisotopic (exact) mass is 447 g/mol. The maximum absolute atomic E-state index is 9.79. The van der Waals surface area contributed by atoms with E-state index < -0.39 is 0 Å². The molecule has 2 aliphatic heterocycles. The van der Waals surface area contributed by atoms with Crippen molar-refractivity contribution in [3.05, 3.63) is 64.5 Å². The van der Waals surface area contributed by atoms with Crippen LogP contribution in [0.5, 0.6) is 16.6 Å². The molecule has 0 unspecified atom stereocenters. The lowest BCUT2D eigenvalue weighted by atomic mass is 10.0. The van der Waals surface area contributed by atoms with E-state index in [-0.39, 0.29) is 0 Å². The quantitative estimate of drug-likeness (QED) is 0.615. The Balaban J connectivity index is 1.25. The van der Waals surface area contributed by atoms with Gasteiger partial charge in [-0.05, 0) is 28.8 Å². The minimum atomic E-state index is 0.434. The van der Waals surface area contributed by atoms with Gasteiger partial charge in [0.25, 0.3) is 0 Å². The lowest BCUT2D eigenvalue weighted by Crippen LogP contribution is -2.42. The normalized spacial score (nSPS) is 15.8. The topological polar surface area (TPSA) is 66.8 Å². The first kappa shape index (κ1) is 20.8. The van der Waals surface area contributed by atoms with Gasteiger partial charge in [-0.3, -0.25) is 4.90 Å². The summed E-state index contributed by atoms with van der Waals surface area (Å²) in [6.45, 7) is 6.80. The summed E-state index contributed by atoms with van der Waals surface area (Å²) in [6, 6.07) is 16.7. The van der Waals surface area contributed by atoms with Crippen LogP contribution in [0.25, 0.3) is 11.1 Å². The van der Waals surface area contributed by atoms with Crippen molar-refractivity contribution in [2.24, 2.45) is 0 Å². The number of rotatable bonds is 6. The molecule has 0 spiro atoms. The molecule has 0 aliphatic carbocycles. The van der Waals surface area contributed by atoms with Crippen molar-refractivity contribution in [2.75, 3.05) is 39.4 Å². The van der Waals surface area contributed by atoms with Gasteiger partial charge in [-0.25, -0.2) is 0 Å². The summed E-state index contributed by atoms with van der Waals surface area (Å²) < 4.78 is 17.3. The number of piperazine rings is 1. The molecule has 2 aromatic carbocycles. The van der Waals surface area contributed by atoms with Gasteiger partial charge in [-0.2, -0.15) is 5.26 Å². The summed E-state index contributed by atoms with van der Waals surface area (Å²) in [4.78, 5) is 2.46. The maximum atomic E-state index is 9.79. The SMILES string of the molecule is N#Cc1c(-c2ccc3c(c2)OCCO3)csc1OCc1ccc(CN2CCNCC2)cc1. The van der Waals surface area contributed by atoms with Crippen LogP contribution in [-0.4, -0.2) is 44.3 Å². The fourth-order valence-corrected chi connectivity index (χ4v) is 4.87. The van der Waals surface area contributed by atoms with Crippen molar-refractivity contribution in [3.8, 4) is 33.8 Å². The van der Waals surface area contributed by atoms with Crippen LogP contribution in [0.4, 0.5) is 0 Å². The fraction of sp³-hybridized carbons (Fsp3) is 0.320. The highest BCUT2D eigenvalue weighted by molar-refractivity contribution is 7.12. The van der Waals surface area contributed by atoms with Crippen LogP contribution >= 0.6 is 11.3 Å². The molecule has 1 fully saturated rings. The van der Waals surface area contributed by atoms with Gasteiger partial charge in [0.2, 0.25) is 0 Å². The Morgan fingerprint density at radius 2 is 1.75 bits per heavy atom.